The fourth-order valence-electron chi connectivity index (χ4n) is 3.55. The third-order valence-corrected chi connectivity index (χ3v) is 4.80. The van der Waals surface area contributed by atoms with Gasteiger partial charge in [-0.25, -0.2) is 0 Å². The normalized spacial score (nSPS) is 19.3. The van der Waals surface area contributed by atoms with Crippen molar-refractivity contribution in [2.75, 3.05) is 16.8 Å². The van der Waals surface area contributed by atoms with Gasteiger partial charge in [0.1, 0.15) is 0 Å². The van der Waals surface area contributed by atoms with E-state index in [-0.39, 0.29) is 5.54 Å². The Morgan fingerprint density at radius 2 is 1.92 bits per heavy atom. The second-order valence-electron chi connectivity index (χ2n) is 6.93. The summed E-state index contributed by atoms with van der Waals surface area (Å²) < 4.78 is 0. The van der Waals surface area contributed by atoms with Crippen LogP contribution in [0.15, 0.2) is 48.5 Å². The molecule has 2 aromatic rings. The molecule has 1 unspecified atom stereocenters. The molecule has 1 heterocycles. The zero-order valence-electron chi connectivity index (χ0n) is 14.5. The van der Waals surface area contributed by atoms with Crippen LogP contribution in [0, 0.1) is 11.3 Å². The van der Waals surface area contributed by atoms with Crippen LogP contribution in [0.3, 0.4) is 0 Å². The standard InChI is InChI=1S/C21H25N3/c1-3-4-13-21(2)16-24(20-12-8-7-11-19(20)23-21)15-18-10-6-5-9-17(18)14-22/h5-12,23H,3-4,13,15-16H2,1-2H3. The average molecular weight is 319 g/mol. The summed E-state index contributed by atoms with van der Waals surface area (Å²) in [6.45, 7) is 6.26. The van der Waals surface area contributed by atoms with Gasteiger partial charge in [0, 0.05) is 13.1 Å². The molecule has 0 aliphatic carbocycles. The number of fused-ring (bicyclic) bond motifs is 1. The molecule has 0 saturated carbocycles. The van der Waals surface area contributed by atoms with Crippen molar-refractivity contribution in [1.82, 2.24) is 0 Å². The zero-order chi connectivity index (χ0) is 17.0. The third kappa shape index (κ3) is 3.38. The fraction of sp³-hybridized carbons (Fsp3) is 0.381. The summed E-state index contributed by atoms with van der Waals surface area (Å²) in [5.74, 6) is 0. The second kappa shape index (κ2) is 6.97. The highest BCUT2D eigenvalue weighted by molar-refractivity contribution is 5.73. The quantitative estimate of drug-likeness (QED) is 0.848. The Morgan fingerprint density at radius 1 is 1.17 bits per heavy atom. The minimum absolute atomic E-state index is 0.0615. The molecule has 0 saturated heterocycles. The van der Waals surface area contributed by atoms with E-state index in [1.165, 1.54) is 24.2 Å². The molecule has 1 aliphatic rings. The van der Waals surface area contributed by atoms with E-state index in [9.17, 15) is 5.26 Å². The predicted octanol–water partition coefficient (Wildman–Crippen LogP) is 4.94. The highest BCUT2D eigenvalue weighted by Crippen LogP contribution is 2.37. The van der Waals surface area contributed by atoms with Gasteiger partial charge in [0.2, 0.25) is 0 Å². The number of hydrogen-bond acceptors (Lipinski definition) is 3. The molecule has 0 amide bonds. The minimum Gasteiger partial charge on any atom is -0.376 e. The highest BCUT2D eigenvalue weighted by Gasteiger charge is 2.32. The monoisotopic (exact) mass is 319 g/mol. The van der Waals surface area contributed by atoms with Crippen molar-refractivity contribution in [3.63, 3.8) is 0 Å². The molecule has 24 heavy (non-hydrogen) atoms. The first-order chi connectivity index (χ1) is 11.6. The van der Waals surface area contributed by atoms with E-state index in [0.29, 0.717) is 0 Å². The molecular formula is C21H25N3. The lowest BCUT2D eigenvalue weighted by molar-refractivity contribution is 0.436. The lowest BCUT2D eigenvalue weighted by Gasteiger charge is -2.44. The molecule has 3 heteroatoms. The summed E-state index contributed by atoms with van der Waals surface area (Å²) in [4.78, 5) is 2.41. The van der Waals surface area contributed by atoms with Gasteiger partial charge in [0.25, 0.3) is 0 Å². The number of nitrogens with one attached hydrogen (secondary N) is 1. The molecule has 0 aromatic heterocycles. The number of anilines is 2. The first kappa shape index (κ1) is 16.4. The first-order valence-electron chi connectivity index (χ1n) is 8.75. The SMILES string of the molecule is CCCCC1(C)CN(Cc2ccccc2C#N)c2ccccc2N1. The van der Waals surface area contributed by atoms with E-state index in [0.717, 1.165) is 30.6 Å². The van der Waals surface area contributed by atoms with Crippen LogP contribution in [0.5, 0.6) is 0 Å². The largest absolute Gasteiger partial charge is 0.376 e. The zero-order valence-corrected chi connectivity index (χ0v) is 14.5. The van der Waals surface area contributed by atoms with Crippen molar-refractivity contribution >= 4 is 11.4 Å². The Morgan fingerprint density at radius 3 is 2.71 bits per heavy atom. The summed E-state index contributed by atoms with van der Waals surface area (Å²) >= 11 is 0. The van der Waals surface area contributed by atoms with Crippen LogP contribution in [0.4, 0.5) is 11.4 Å². The van der Waals surface area contributed by atoms with Crippen LogP contribution in [0.2, 0.25) is 0 Å². The first-order valence-corrected chi connectivity index (χ1v) is 8.75. The van der Waals surface area contributed by atoms with Crippen LogP contribution in [-0.4, -0.2) is 12.1 Å². The Bertz CT molecular complexity index is 747. The van der Waals surface area contributed by atoms with Gasteiger partial charge in [-0.05, 0) is 37.1 Å². The Hall–Kier alpha value is -2.47. The molecule has 1 N–H and O–H groups in total. The Labute approximate surface area is 144 Å². The number of hydrogen-bond donors (Lipinski definition) is 1. The summed E-state index contributed by atoms with van der Waals surface area (Å²) in [6.07, 6.45) is 3.57. The number of benzene rings is 2. The van der Waals surface area contributed by atoms with E-state index in [2.05, 4.69) is 60.5 Å². The topological polar surface area (TPSA) is 39.1 Å². The van der Waals surface area contributed by atoms with Crippen molar-refractivity contribution in [2.24, 2.45) is 0 Å². The molecule has 0 fully saturated rings. The maximum absolute atomic E-state index is 9.38. The van der Waals surface area contributed by atoms with Gasteiger partial charge >= 0.3 is 0 Å². The van der Waals surface area contributed by atoms with Crippen molar-refractivity contribution in [2.45, 2.75) is 45.2 Å². The lowest BCUT2D eigenvalue weighted by Crippen LogP contribution is -2.50. The lowest BCUT2D eigenvalue weighted by atomic mass is 9.90. The van der Waals surface area contributed by atoms with Gasteiger partial charge in [-0.2, -0.15) is 5.26 Å². The van der Waals surface area contributed by atoms with Crippen LogP contribution in [-0.2, 0) is 6.54 Å². The maximum Gasteiger partial charge on any atom is 0.0995 e. The smallest absolute Gasteiger partial charge is 0.0995 e. The van der Waals surface area contributed by atoms with E-state index in [1.54, 1.807) is 0 Å². The molecule has 2 aromatic carbocycles. The molecule has 1 atom stereocenters. The molecule has 124 valence electrons. The fourth-order valence-corrected chi connectivity index (χ4v) is 3.55. The minimum atomic E-state index is 0.0615. The van der Waals surface area contributed by atoms with Crippen LogP contribution in [0.1, 0.15) is 44.2 Å². The van der Waals surface area contributed by atoms with E-state index >= 15 is 0 Å². The molecular weight excluding hydrogens is 294 g/mol. The highest BCUT2D eigenvalue weighted by atomic mass is 15.2. The number of unbranched alkanes of at least 4 members (excludes halogenated alkanes) is 1. The summed E-state index contributed by atoms with van der Waals surface area (Å²) in [5, 5.41) is 13.1. The molecule has 0 bridgehead atoms. The number of para-hydroxylation sites is 2. The predicted molar refractivity (Wildman–Crippen MR) is 100 cm³/mol. The average Bonchev–Trinajstić information content (AvgIpc) is 2.60. The number of nitrogens with zero attached hydrogens (tertiary/aromatic N) is 2. The molecule has 0 spiro atoms. The van der Waals surface area contributed by atoms with E-state index in [1.807, 2.05) is 18.2 Å². The Balaban J connectivity index is 1.92. The number of nitriles is 1. The Kier molecular flexibility index (Phi) is 4.76. The maximum atomic E-state index is 9.38. The van der Waals surface area contributed by atoms with Crippen molar-refractivity contribution in [3.8, 4) is 6.07 Å². The van der Waals surface area contributed by atoms with E-state index < -0.39 is 0 Å². The molecule has 3 rings (SSSR count). The third-order valence-electron chi connectivity index (χ3n) is 4.80. The molecule has 1 aliphatic heterocycles. The van der Waals surface area contributed by atoms with Gasteiger partial charge in [-0.1, -0.05) is 50.1 Å². The van der Waals surface area contributed by atoms with Crippen molar-refractivity contribution < 1.29 is 0 Å². The second-order valence-corrected chi connectivity index (χ2v) is 6.93. The van der Waals surface area contributed by atoms with Gasteiger partial charge < -0.3 is 10.2 Å². The van der Waals surface area contributed by atoms with E-state index in [4.69, 9.17) is 0 Å². The van der Waals surface area contributed by atoms with Gasteiger partial charge in [0.05, 0.1) is 28.5 Å². The number of rotatable bonds is 5. The van der Waals surface area contributed by atoms with Gasteiger partial charge in [-0.3, -0.25) is 0 Å². The molecule has 3 nitrogen and oxygen atoms in total. The van der Waals surface area contributed by atoms with Crippen molar-refractivity contribution in [1.29, 1.82) is 5.26 Å². The van der Waals surface area contributed by atoms with Gasteiger partial charge in [-0.15, -0.1) is 0 Å². The molecule has 0 radical (unpaired) electrons. The van der Waals surface area contributed by atoms with Gasteiger partial charge in [0.15, 0.2) is 0 Å². The van der Waals surface area contributed by atoms with Crippen LogP contribution in [0.25, 0.3) is 0 Å². The summed E-state index contributed by atoms with van der Waals surface area (Å²) in [5.41, 5.74) is 4.33. The van der Waals surface area contributed by atoms with Crippen LogP contribution >= 0.6 is 0 Å². The summed E-state index contributed by atoms with van der Waals surface area (Å²) in [6, 6.07) is 18.7. The summed E-state index contributed by atoms with van der Waals surface area (Å²) in [7, 11) is 0. The van der Waals surface area contributed by atoms with Crippen LogP contribution < -0.4 is 10.2 Å². The van der Waals surface area contributed by atoms with Crippen molar-refractivity contribution in [3.05, 3.63) is 59.7 Å².